The molecule has 0 aromatic heterocycles. The van der Waals surface area contributed by atoms with E-state index in [0.717, 1.165) is 12.8 Å². The van der Waals surface area contributed by atoms with Crippen LogP contribution in [0.3, 0.4) is 0 Å². The second kappa shape index (κ2) is 16.4. The number of primary amides is 1. The molecule has 0 radical (unpaired) electrons. The third-order valence-electron chi connectivity index (χ3n) is 4.64. The van der Waals surface area contributed by atoms with Crippen LogP contribution in [-0.2, 0) is 14.3 Å². The molecule has 0 aliphatic carbocycles. The van der Waals surface area contributed by atoms with E-state index in [1.807, 2.05) is 0 Å². The first kappa shape index (κ1) is 23.9. The lowest BCUT2D eigenvalue weighted by Crippen LogP contribution is -2.46. The number of carbonyl (C=O) groups excluding carboxylic acids is 2. The van der Waals surface area contributed by atoms with Crippen LogP contribution in [0.25, 0.3) is 0 Å². The van der Waals surface area contributed by atoms with Crippen LogP contribution in [0.5, 0.6) is 0 Å². The lowest BCUT2D eigenvalue weighted by molar-refractivity contribution is -0.150. The van der Waals surface area contributed by atoms with Gasteiger partial charge in [0.2, 0.25) is 5.91 Å². The number of nitrogens with two attached hydrogens (primary N) is 2. The fourth-order valence-corrected chi connectivity index (χ4v) is 2.86. The van der Waals surface area contributed by atoms with Gasteiger partial charge in [-0.2, -0.15) is 0 Å². The van der Waals surface area contributed by atoms with Crippen molar-refractivity contribution in [1.29, 1.82) is 0 Å². The maximum Gasteiger partial charge on any atom is 0.306 e. The SMILES string of the molecule is CCCCCCCCCCCCCCCC(=O)O[C@H](C)[C@H](N)C(N)=O. The van der Waals surface area contributed by atoms with E-state index in [2.05, 4.69) is 6.92 Å². The Kier molecular flexibility index (Phi) is 15.7. The summed E-state index contributed by atoms with van der Waals surface area (Å²) in [6, 6.07) is -0.935. The predicted molar refractivity (Wildman–Crippen MR) is 103 cm³/mol. The Bertz CT molecular complexity index is 348. The number of amides is 1. The zero-order valence-corrected chi connectivity index (χ0v) is 16.4. The van der Waals surface area contributed by atoms with Gasteiger partial charge < -0.3 is 16.2 Å². The molecule has 25 heavy (non-hydrogen) atoms. The number of unbranched alkanes of at least 4 members (excludes halogenated alkanes) is 12. The van der Waals surface area contributed by atoms with Crippen molar-refractivity contribution in [2.45, 2.75) is 116 Å². The van der Waals surface area contributed by atoms with Crippen LogP contribution in [0.15, 0.2) is 0 Å². The minimum Gasteiger partial charge on any atom is -0.460 e. The molecule has 0 unspecified atom stereocenters. The Morgan fingerprint density at radius 1 is 0.800 bits per heavy atom. The molecule has 2 atom stereocenters. The number of ether oxygens (including phenoxy) is 1. The minimum absolute atomic E-state index is 0.299. The lowest BCUT2D eigenvalue weighted by atomic mass is 10.0. The van der Waals surface area contributed by atoms with Crippen molar-refractivity contribution < 1.29 is 14.3 Å². The van der Waals surface area contributed by atoms with Crippen LogP contribution < -0.4 is 11.5 Å². The molecule has 0 rings (SSSR count). The predicted octanol–water partition coefficient (Wildman–Crippen LogP) is 4.21. The molecule has 0 aliphatic heterocycles. The fourth-order valence-electron chi connectivity index (χ4n) is 2.86. The van der Waals surface area contributed by atoms with Gasteiger partial charge in [0.25, 0.3) is 0 Å². The Morgan fingerprint density at radius 3 is 1.60 bits per heavy atom. The van der Waals surface area contributed by atoms with E-state index >= 15 is 0 Å². The number of esters is 1. The summed E-state index contributed by atoms with van der Waals surface area (Å²) in [6.45, 7) is 3.85. The van der Waals surface area contributed by atoms with E-state index in [-0.39, 0.29) is 5.97 Å². The summed E-state index contributed by atoms with van der Waals surface area (Å²) in [6.07, 6.45) is 16.2. The van der Waals surface area contributed by atoms with Gasteiger partial charge in [0.15, 0.2) is 0 Å². The number of hydrogen-bond acceptors (Lipinski definition) is 4. The van der Waals surface area contributed by atoms with Gasteiger partial charge >= 0.3 is 5.97 Å². The monoisotopic (exact) mass is 356 g/mol. The molecule has 0 fully saturated rings. The van der Waals surface area contributed by atoms with E-state index in [0.29, 0.717) is 6.42 Å². The molecule has 0 saturated carbocycles. The lowest BCUT2D eigenvalue weighted by Gasteiger charge is -2.17. The number of hydrogen-bond donors (Lipinski definition) is 2. The Morgan fingerprint density at radius 2 is 1.20 bits per heavy atom. The summed E-state index contributed by atoms with van der Waals surface area (Å²) >= 11 is 0. The van der Waals surface area contributed by atoms with Crippen molar-refractivity contribution in [1.82, 2.24) is 0 Å². The summed E-state index contributed by atoms with van der Waals surface area (Å²) in [5.74, 6) is -0.950. The van der Waals surface area contributed by atoms with Crippen molar-refractivity contribution in [3.05, 3.63) is 0 Å². The van der Waals surface area contributed by atoms with Gasteiger partial charge in [0.05, 0.1) is 0 Å². The molecule has 1 amide bonds. The molecular formula is C20H40N2O3. The molecule has 0 aliphatic rings. The molecule has 0 aromatic carbocycles. The Hall–Kier alpha value is -1.10. The van der Waals surface area contributed by atoms with Crippen molar-refractivity contribution in [3.8, 4) is 0 Å². The summed E-state index contributed by atoms with van der Waals surface area (Å²) in [5, 5.41) is 0. The van der Waals surface area contributed by atoms with Crippen LogP contribution in [0.4, 0.5) is 0 Å². The maximum atomic E-state index is 11.7. The summed E-state index contributed by atoms with van der Waals surface area (Å²) in [5.41, 5.74) is 10.6. The standard InChI is InChI=1S/C20H40N2O3/c1-3-4-5-6-7-8-9-10-11-12-13-14-15-16-18(23)25-17(2)19(21)20(22)24/h17,19H,3-16,21H2,1-2H3,(H2,22,24)/t17-,19+/m1/s1. The highest BCUT2D eigenvalue weighted by Gasteiger charge is 2.21. The summed E-state index contributed by atoms with van der Waals surface area (Å²) in [7, 11) is 0. The molecule has 0 spiro atoms. The van der Waals surface area contributed by atoms with Gasteiger partial charge in [-0.25, -0.2) is 0 Å². The van der Waals surface area contributed by atoms with Crippen LogP contribution >= 0.6 is 0 Å². The van der Waals surface area contributed by atoms with E-state index in [1.54, 1.807) is 6.92 Å². The van der Waals surface area contributed by atoms with Crippen molar-refractivity contribution in [2.75, 3.05) is 0 Å². The van der Waals surface area contributed by atoms with E-state index in [1.165, 1.54) is 70.6 Å². The van der Waals surface area contributed by atoms with Gasteiger partial charge in [-0.05, 0) is 13.3 Å². The first-order valence-corrected chi connectivity index (χ1v) is 10.2. The highest BCUT2D eigenvalue weighted by Crippen LogP contribution is 2.13. The largest absolute Gasteiger partial charge is 0.460 e. The first-order chi connectivity index (χ1) is 12.0. The average Bonchev–Trinajstić information content (AvgIpc) is 2.58. The smallest absolute Gasteiger partial charge is 0.306 e. The zero-order chi connectivity index (χ0) is 18.9. The third kappa shape index (κ3) is 14.9. The van der Waals surface area contributed by atoms with Crippen LogP contribution in [0, 0.1) is 0 Å². The molecule has 4 N–H and O–H groups in total. The minimum atomic E-state index is -0.935. The summed E-state index contributed by atoms with van der Waals surface area (Å²) < 4.78 is 5.12. The number of rotatable bonds is 17. The average molecular weight is 357 g/mol. The highest BCUT2D eigenvalue weighted by molar-refractivity contribution is 5.80. The Balaban J connectivity index is 3.35. The van der Waals surface area contributed by atoms with E-state index in [4.69, 9.17) is 16.2 Å². The van der Waals surface area contributed by atoms with Crippen LogP contribution in [0.2, 0.25) is 0 Å². The molecule has 5 nitrogen and oxygen atoms in total. The molecule has 5 heteroatoms. The van der Waals surface area contributed by atoms with Crippen molar-refractivity contribution in [2.24, 2.45) is 11.5 Å². The fraction of sp³-hybridized carbons (Fsp3) is 0.900. The van der Waals surface area contributed by atoms with Crippen LogP contribution in [-0.4, -0.2) is 24.0 Å². The second-order valence-corrected chi connectivity index (χ2v) is 7.12. The molecule has 0 saturated heterocycles. The van der Waals surface area contributed by atoms with Gasteiger partial charge in [-0.15, -0.1) is 0 Å². The highest BCUT2D eigenvalue weighted by atomic mass is 16.5. The maximum absolute atomic E-state index is 11.7. The normalized spacial score (nSPS) is 13.4. The van der Waals surface area contributed by atoms with E-state index < -0.39 is 18.1 Å². The van der Waals surface area contributed by atoms with Gasteiger partial charge in [0.1, 0.15) is 12.1 Å². The second-order valence-electron chi connectivity index (χ2n) is 7.12. The molecule has 148 valence electrons. The van der Waals surface area contributed by atoms with Crippen LogP contribution in [0.1, 0.15) is 104 Å². The topological polar surface area (TPSA) is 95.4 Å². The van der Waals surface area contributed by atoms with Gasteiger partial charge in [-0.1, -0.05) is 84.0 Å². The molecule has 0 bridgehead atoms. The van der Waals surface area contributed by atoms with Gasteiger partial charge in [0, 0.05) is 6.42 Å². The van der Waals surface area contributed by atoms with Crippen molar-refractivity contribution in [3.63, 3.8) is 0 Å². The van der Waals surface area contributed by atoms with Crippen molar-refractivity contribution >= 4 is 11.9 Å². The zero-order valence-electron chi connectivity index (χ0n) is 16.4. The number of carbonyl (C=O) groups is 2. The molecule has 0 aromatic rings. The summed E-state index contributed by atoms with van der Waals surface area (Å²) in [4.78, 5) is 22.6. The Labute approximate surface area is 154 Å². The molecule has 0 heterocycles. The van der Waals surface area contributed by atoms with E-state index in [9.17, 15) is 9.59 Å². The quantitative estimate of drug-likeness (QED) is 0.301. The van der Waals surface area contributed by atoms with Gasteiger partial charge in [-0.3, -0.25) is 9.59 Å². The molecular weight excluding hydrogens is 316 g/mol. The first-order valence-electron chi connectivity index (χ1n) is 10.2. The third-order valence-corrected chi connectivity index (χ3v) is 4.64.